The lowest BCUT2D eigenvalue weighted by Crippen LogP contribution is -2.25. The van der Waals surface area contributed by atoms with Gasteiger partial charge in [0.2, 0.25) is 5.91 Å². The van der Waals surface area contributed by atoms with E-state index in [-0.39, 0.29) is 24.3 Å². The van der Waals surface area contributed by atoms with Crippen LogP contribution in [0.1, 0.15) is 35.6 Å². The van der Waals surface area contributed by atoms with Crippen molar-refractivity contribution in [2.75, 3.05) is 12.4 Å². The molecule has 0 saturated carbocycles. The number of anilines is 1. The number of hydrazone groups is 1. The van der Waals surface area contributed by atoms with Crippen molar-refractivity contribution < 1.29 is 14.3 Å². The van der Waals surface area contributed by atoms with Gasteiger partial charge in [-0.25, -0.2) is 5.01 Å². The maximum atomic E-state index is 12.8. The molecule has 2 aliphatic heterocycles. The number of ether oxygens (including phenoxy) is 1. The third-order valence-corrected chi connectivity index (χ3v) is 7.56. The fraction of sp³-hybridized carbons (Fsp3) is 0.214. The molecule has 3 aromatic carbocycles. The molecule has 0 aromatic heterocycles. The van der Waals surface area contributed by atoms with Crippen molar-refractivity contribution in [1.82, 2.24) is 5.01 Å². The quantitative estimate of drug-likeness (QED) is 0.431. The van der Waals surface area contributed by atoms with E-state index in [4.69, 9.17) is 21.4 Å². The van der Waals surface area contributed by atoms with Gasteiger partial charge in [-0.1, -0.05) is 71.4 Å². The molecule has 0 radical (unpaired) electrons. The number of hydrogen-bond donors (Lipinski definition) is 1. The van der Waals surface area contributed by atoms with E-state index in [1.165, 1.54) is 11.8 Å². The number of halogens is 1. The van der Waals surface area contributed by atoms with Crippen LogP contribution in [0.4, 0.5) is 5.69 Å². The van der Waals surface area contributed by atoms with Gasteiger partial charge in [-0.15, -0.1) is 0 Å². The third-order valence-electron chi connectivity index (χ3n) is 6.16. The van der Waals surface area contributed by atoms with Gasteiger partial charge < -0.3 is 10.1 Å². The van der Waals surface area contributed by atoms with E-state index in [0.717, 1.165) is 22.4 Å². The zero-order valence-electron chi connectivity index (χ0n) is 20.3. The normalized spacial score (nSPS) is 19.0. The van der Waals surface area contributed by atoms with Gasteiger partial charge in [-0.05, 0) is 42.3 Å². The van der Waals surface area contributed by atoms with Gasteiger partial charge in [-0.2, -0.15) is 10.1 Å². The predicted octanol–water partition coefficient (Wildman–Crippen LogP) is 5.83. The molecule has 2 aliphatic rings. The fourth-order valence-electron chi connectivity index (χ4n) is 4.33. The molecule has 0 bridgehead atoms. The number of amidine groups is 1. The Morgan fingerprint density at radius 2 is 1.92 bits per heavy atom. The number of carbonyl (C=O) groups is 2. The van der Waals surface area contributed by atoms with Gasteiger partial charge in [0.25, 0.3) is 5.91 Å². The van der Waals surface area contributed by atoms with E-state index in [0.29, 0.717) is 28.0 Å². The standard InChI is InChI=1S/C28H25ClN4O3S/c1-17-5-3-6-19(13-17)24-15-23(18-9-11-20(29)12-10-18)32-33(24)28-31-27(35)25(37-28)16-26(34)30-21-7-4-8-22(14-21)36-2/h3-14,24-25H,15-16H2,1-2H3,(H,30,34)/t24-,25+/m0/s1. The van der Waals surface area contributed by atoms with Crippen molar-refractivity contribution in [2.45, 2.75) is 31.1 Å². The summed E-state index contributed by atoms with van der Waals surface area (Å²) in [5, 5.41) is 10.1. The van der Waals surface area contributed by atoms with Gasteiger partial charge >= 0.3 is 0 Å². The van der Waals surface area contributed by atoms with Gasteiger partial charge in [0, 0.05) is 29.6 Å². The Kier molecular flexibility index (Phi) is 7.30. The first-order valence-electron chi connectivity index (χ1n) is 11.8. The number of aliphatic imine (C=N–C) groups is 1. The first kappa shape index (κ1) is 25.0. The lowest BCUT2D eigenvalue weighted by Gasteiger charge is -2.23. The number of thioether (sulfide) groups is 1. The number of methoxy groups -OCH3 is 1. The van der Waals surface area contributed by atoms with E-state index in [2.05, 4.69) is 22.4 Å². The molecule has 3 aromatic rings. The zero-order valence-corrected chi connectivity index (χ0v) is 21.9. The molecule has 2 heterocycles. The number of carbonyl (C=O) groups excluding carboxylic acids is 2. The average molecular weight is 533 g/mol. The van der Waals surface area contributed by atoms with Crippen molar-refractivity contribution >= 4 is 51.7 Å². The monoisotopic (exact) mass is 532 g/mol. The molecule has 7 nitrogen and oxygen atoms in total. The number of aryl methyl sites for hydroxylation is 1. The summed E-state index contributed by atoms with van der Waals surface area (Å²) < 4.78 is 5.21. The Balaban J connectivity index is 1.34. The summed E-state index contributed by atoms with van der Waals surface area (Å²) in [5.41, 5.74) is 4.69. The van der Waals surface area contributed by atoms with E-state index in [9.17, 15) is 9.59 Å². The molecule has 0 unspecified atom stereocenters. The molecule has 5 rings (SSSR count). The van der Waals surface area contributed by atoms with Crippen LogP contribution < -0.4 is 10.1 Å². The minimum Gasteiger partial charge on any atom is -0.497 e. The molecule has 2 amide bonds. The van der Waals surface area contributed by atoms with E-state index >= 15 is 0 Å². The summed E-state index contributed by atoms with van der Waals surface area (Å²) in [6, 6.07) is 22.8. The molecule has 0 aliphatic carbocycles. The first-order valence-corrected chi connectivity index (χ1v) is 13.1. The minimum absolute atomic E-state index is 0.00438. The molecule has 0 fully saturated rings. The molecular formula is C28H25ClN4O3S. The lowest BCUT2D eigenvalue weighted by atomic mass is 9.97. The smallest absolute Gasteiger partial charge is 0.262 e. The highest BCUT2D eigenvalue weighted by Gasteiger charge is 2.39. The maximum absolute atomic E-state index is 12.8. The van der Waals surface area contributed by atoms with Crippen molar-refractivity contribution in [3.8, 4) is 5.75 Å². The topological polar surface area (TPSA) is 83.4 Å². The molecule has 9 heteroatoms. The van der Waals surface area contributed by atoms with Crippen LogP contribution in [0, 0.1) is 6.92 Å². The Bertz CT molecular complexity index is 1410. The van der Waals surface area contributed by atoms with Gasteiger partial charge in [-0.3, -0.25) is 9.59 Å². The number of nitrogens with zero attached hydrogens (tertiary/aromatic N) is 3. The number of nitrogens with one attached hydrogen (secondary N) is 1. The Hall–Kier alpha value is -3.62. The molecule has 188 valence electrons. The van der Waals surface area contributed by atoms with Crippen molar-refractivity contribution in [3.63, 3.8) is 0 Å². The lowest BCUT2D eigenvalue weighted by molar-refractivity contribution is -0.121. The van der Waals surface area contributed by atoms with Crippen molar-refractivity contribution in [3.05, 3.63) is 94.5 Å². The number of rotatable bonds is 6. The number of amides is 2. The molecule has 37 heavy (non-hydrogen) atoms. The fourth-order valence-corrected chi connectivity index (χ4v) is 5.51. The second-order valence-corrected chi connectivity index (χ2v) is 10.5. The summed E-state index contributed by atoms with van der Waals surface area (Å²) in [7, 11) is 1.57. The summed E-state index contributed by atoms with van der Waals surface area (Å²) >= 11 is 7.36. The Morgan fingerprint density at radius 3 is 2.68 bits per heavy atom. The summed E-state index contributed by atoms with van der Waals surface area (Å²) in [4.78, 5) is 29.8. The van der Waals surface area contributed by atoms with Crippen LogP contribution in [0.25, 0.3) is 0 Å². The summed E-state index contributed by atoms with van der Waals surface area (Å²) in [6.45, 7) is 2.05. The van der Waals surface area contributed by atoms with Gasteiger partial charge in [0.05, 0.1) is 18.9 Å². The highest BCUT2D eigenvalue weighted by Crippen LogP contribution is 2.39. The maximum Gasteiger partial charge on any atom is 0.262 e. The van der Waals surface area contributed by atoms with Crippen LogP contribution in [0.15, 0.2) is 82.9 Å². The second kappa shape index (κ2) is 10.8. The third kappa shape index (κ3) is 5.70. The number of benzene rings is 3. The summed E-state index contributed by atoms with van der Waals surface area (Å²) in [6.07, 6.45) is 0.657. The van der Waals surface area contributed by atoms with E-state index in [1.54, 1.807) is 31.4 Å². The minimum atomic E-state index is -0.617. The van der Waals surface area contributed by atoms with Crippen LogP contribution in [0.5, 0.6) is 5.75 Å². The highest BCUT2D eigenvalue weighted by molar-refractivity contribution is 8.15. The predicted molar refractivity (Wildman–Crippen MR) is 148 cm³/mol. The van der Waals surface area contributed by atoms with Crippen LogP contribution in [0.2, 0.25) is 5.02 Å². The van der Waals surface area contributed by atoms with Crippen LogP contribution >= 0.6 is 23.4 Å². The molecule has 0 spiro atoms. The first-order chi connectivity index (χ1) is 17.9. The van der Waals surface area contributed by atoms with E-state index < -0.39 is 5.25 Å². The molecular weight excluding hydrogens is 508 g/mol. The van der Waals surface area contributed by atoms with E-state index in [1.807, 2.05) is 48.3 Å². The van der Waals surface area contributed by atoms with Crippen LogP contribution in [-0.4, -0.2) is 40.1 Å². The van der Waals surface area contributed by atoms with Crippen molar-refractivity contribution in [1.29, 1.82) is 0 Å². The number of hydrogen-bond acceptors (Lipinski definition) is 6. The second-order valence-electron chi connectivity index (χ2n) is 8.86. The Morgan fingerprint density at radius 1 is 1.14 bits per heavy atom. The average Bonchev–Trinajstić information content (AvgIpc) is 3.48. The molecule has 0 saturated heterocycles. The zero-order chi connectivity index (χ0) is 25.9. The largest absolute Gasteiger partial charge is 0.497 e. The SMILES string of the molecule is COc1cccc(NC(=O)C[C@H]2SC(N3N=C(c4ccc(Cl)cc4)C[C@H]3c3cccc(C)c3)=NC2=O)c1. The van der Waals surface area contributed by atoms with Crippen molar-refractivity contribution in [2.24, 2.45) is 10.1 Å². The van der Waals surface area contributed by atoms with Crippen LogP contribution in [0.3, 0.4) is 0 Å². The summed E-state index contributed by atoms with van der Waals surface area (Å²) in [5.74, 6) is 0.0387. The van der Waals surface area contributed by atoms with Crippen LogP contribution in [-0.2, 0) is 9.59 Å². The van der Waals surface area contributed by atoms with Gasteiger partial charge in [0.1, 0.15) is 11.0 Å². The molecule has 1 N–H and O–H groups in total. The highest BCUT2D eigenvalue weighted by atomic mass is 35.5. The molecule has 2 atom stereocenters. The van der Waals surface area contributed by atoms with Gasteiger partial charge in [0.15, 0.2) is 5.17 Å². The Labute approximate surface area is 224 Å².